The number of nitriles is 1. The molecule has 0 aliphatic rings. The third-order valence-electron chi connectivity index (χ3n) is 2.50. The lowest BCUT2D eigenvalue weighted by Crippen LogP contribution is -2.02. The summed E-state index contributed by atoms with van der Waals surface area (Å²) in [4.78, 5) is 0. The van der Waals surface area contributed by atoms with Crippen LogP contribution >= 0.6 is 11.6 Å². The van der Waals surface area contributed by atoms with Gasteiger partial charge in [-0.1, -0.05) is 11.6 Å². The number of nitrogens with one attached hydrogen (secondary N) is 1. The van der Waals surface area contributed by atoms with Gasteiger partial charge in [-0.15, -0.1) is 0 Å². The smallest absolute Gasteiger partial charge is 0.128 e. The highest BCUT2D eigenvalue weighted by Crippen LogP contribution is 2.16. The van der Waals surface area contributed by atoms with Crippen LogP contribution in [-0.4, -0.2) is 0 Å². The lowest BCUT2D eigenvalue weighted by molar-refractivity contribution is 0.612. The van der Waals surface area contributed by atoms with E-state index >= 15 is 0 Å². The molecule has 0 aliphatic heterocycles. The Balaban J connectivity index is 2.10. The lowest BCUT2D eigenvalue weighted by Gasteiger charge is -2.07. The zero-order valence-corrected chi connectivity index (χ0v) is 10.2. The van der Waals surface area contributed by atoms with E-state index in [4.69, 9.17) is 16.9 Å². The largest absolute Gasteiger partial charge is 0.381 e. The molecule has 2 rings (SSSR count). The average Bonchev–Trinajstić information content (AvgIpc) is 2.40. The number of nitrogens with zero attached hydrogens (tertiary/aromatic N) is 1. The first kappa shape index (κ1) is 12.4. The van der Waals surface area contributed by atoms with Gasteiger partial charge in [-0.25, -0.2) is 4.39 Å². The molecule has 1 N–H and O–H groups in total. The first-order valence-electron chi connectivity index (χ1n) is 5.37. The monoisotopic (exact) mass is 260 g/mol. The number of benzene rings is 2. The summed E-state index contributed by atoms with van der Waals surface area (Å²) in [6.45, 7) is 0.322. The van der Waals surface area contributed by atoms with Crippen LogP contribution in [0.1, 0.15) is 11.1 Å². The van der Waals surface area contributed by atoms with Crippen LogP contribution in [0.5, 0.6) is 0 Å². The second kappa shape index (κ2) is 5.52. The van der Waals surface area contributed by atoms with E-state index in [1.807, 2.05) is 18.2 Å². The van der Waals surface area contributed by atoms with Crippen molar-refractivity contribution in [3.8, 4) is 6.07 Å². The first-order valence-corrected chi connectivity index (χ1v) is 5.75. The van der Waals surface area contributed by atoms with Gasteiger partial charge in [0.1, 0.15) is 5.82 Å². The van der Waals surface area contributed by atoms with Crippen LogP contribution in [0.25, 0.3) is 0 Å². The van der Waals surface area contributed by atoms with Gasteiger partial charge in [0.05, 0.1) is 11.6 Å². The third-order valence-corrected chi connectivity index (χ3v) is 2.75. The molecule has 2 aromatic rings. The molecule has 4 heteroatoms. The molecule has 0 aromatic heterocycles. The Kier molecular flexibility index (Phi) is 3.81. The molecule has 0 heterocycles. The Bertz CT molecular complexity index is 588. The molecular weight excluding hydrogens is 251 g/mol. The number of halogens is 2. The highest BCUT2D eigenvalue weighted by molar-refractivity contribution is 6.30. The van der Waals surface area contributed by atoms with Gasteiger partial charge in [0.15, 0.2) is 0 Å². The number of anilines is 1. The minimum absolute atomic E-state index is 0.322. The summed E-state index contributed by atoms with van der Waals surface area (Å²) in [6.07, 6.45) is 0. The van der Waals surface area contributed by atoms with Gasteiger partial charge in [0, 0.05) is 22.8 Å². The van der Waals surface area contributed by atoms with Crippen molar-refractivity contribution in [2.75, 3.05) is 5.32 Å². The fourth-order valence-corrected chi connectivity index (χ4v) is 1.67. The highest BCUT2D eigenvalue weighted by Gasteiger charge is 2.03. The zero-order chi connectivity index (χ0) is 13.0. The molecule has 0 saturated heterocycles. The van der Waals surface area contributed by atoms with Gasteiger partial charge in [-0.3, -0.25) is 0 Å². The Morgan fingerprint density at radius 1 is 1.17 bits per heavy atom. The summed E-state index contributed by atoms with van der Waals surface area (Å²) >= 11 is 5.77. The first-order chi connectivity index (χ1) is 8.69. The van der Waals surface area contributed by atoms with Crippen molar-refractivity contribution in [1.29, 1.82) is 5.26 Å². The van der Waals surface area contributed by atoms with Crippen LogP contribution in [0.4, 0.5) is 10.1 Å². The van der Waals surface area contributed by atoms with Crippen molar-refractivity contribution >= 4 is 17.3 Å². The van der Waals surface area contributed by atoms with E-state index in [0.29, 0.717) is 22.7 Å². The van der Waals surface area contributed by atoms with Crippen LogP contribution in [0.2, 0.25) is 5.02 Å². The number of hydrogen-bond acceptors (Lipinski definition) is 2. The van der Waals surface area contributed by atoms with Gasteiger partial charge < -0.3 is 5.32 Å². The minimum Gasteiger partial charge on any atom is -0.381 e. The van der Waals surface area contributed by atoms with Crippen molar-refractivity contribution in [2.45, 2.75) is 6.54 Å². The molecule has 0 unspecified atom stereocenters. The maximum atomic E-state index is 13.5. The summed E-state index contributed by atoms with van der Waals surface area (Å²) in [7, 11) is 0. The summed E-state index contributed by atoms with van der Waals surface area (Å²) < 4.78 is 13.5. The van der Waals surface area contributed by atoms with Crippen LogP contribution in [-0.2, 0) is 6.54 Å². The van der Waals surface area contributed by atoms with E-state index in [9.17, 15) is 4.39 Å². The van der Waals surface area contributed by atoms with Crippen LogP contribution in [0, 0.1) is 17.1 Å². The maximum Gasteiger partial charge on any atom is 0.128 e. The van der Waals surface area contributed by atoms with Crippen LogP contribution < -0.4 is 5.32 Å². The minimum atomic E-state index is -0.324. The topological polar surface area (TPSA) is 35.8 Å². The molecule has 0 fully saturated rings. The molecule has 2 aromatic carbocycles. The van der Waals surface area contributed by atoms with Crippen molar-refractivity contribution in [1.82, 2.24) is 0 Å². The Morgan fingerprint density at radius 2 is 1.89 bits per heavy atom. The van der Waals surface area contributed by atoms with E-state index in [1.165, 1.54) is 18.2 Å². The fraction of sp³-hybridized carbons (Fsp3) is 0.0714. The van der Waals surface area contributed by atoms with E-state index in [1.54, 1.807) is 12.1 Å². The van der Waals surface area contributed by atoms with Gasteiger partial charge in [-0.2, -0.15) is 5.26 Å². The van der Waals surface area contributed by atoms with Crippen LogP contribution in [0.15, 0.2) is 42.5 Å². The molecule has 0 spiro atoms. The van der Waals surface area contributed by atoms with Crippen molar-refractivity contribution in [3.63, 3.8) is 0 Å². The molecule has 0 bridgehead atoms. The maximum absolute atomic E-state index is 13.5. The summed E-state index contributed by atoms with van der Waals surface area (Å²) in [6, 6.07) is 13.4. The van der Waals surface area contributed by atoms with Gasteiger partial charge in [0.2, 0.25) is 0 Å². The van der Waals surface area contributed by atoms with Crippen molar-refractivity contribution < 1.29 is 4.39 Å². The predicted molar refractivity (Wildman–Crippen MR) is 69.9 cm³/mol. The Morgan fingerprint density at radius 3 is 2.56 bits per heavy atom. The Hall–Kier alpha value is -2.05. The molecular formula is C14H10ClFN2. The van der Waals surface area contributed by atoms with E-state index in [-0.39, 0.29) is 5.82 Å². The van der Waals surface area contributed by atoms with E-state index in [0.717, 1.165) is 5.69 Å². The second-order valence-corrected chi connectivity index (χ2v) is 4.21. The molecule has 2 nitrogen and oxygen atoms in total. The molecule has 0 saturated carbocycles. The molecule has 90 valence electrons. The number of hydrogen-bond donors (Lipinski definition) is 1. The van der Waals surface area contributed by atoms with Crippen molar-refractivity contribution in [3.05, 3.63) is 64.4 Å². The van der Waals surface area contributed by atoms with Gasteiger partial charge in [-0.05, 0) is 42.5 Å². The Labute approximate surface area is 110 Å². The molecule has 0 atom stereocenters. The molecule has 0 radical (unpaired) electrons. The van der Waals surface area contributed by atoms with E-state index in [2.05, 4.69) is 5.32 Å². The lowest BCUT2D eigenvalue weighted by atomic mass is 10.1. The predicted octanol–water partition coefficient (Wildman–Crippen LogP) is 3.96. The molecule has 0 aliphatic carbocycles. The SMILES string of the molecule is N#Cc1ccc(F)c(CNc2ccc(Cl)cc2)c1. The number of rotatable bonds is 3. The quantitative estimate of drug-likeness (QED) is 0.907. The standard InChI is InChI=1S/C14H10ClFN2/c15-12-2-4-13(5-3-12)18-9-11-7-10(8-17)1-6-14(11)16/h1-7,18H,9H2. The normalized spacial score (nSPS) is 9.83. The zero-order valence-electron chi connectivity index (χ0n) is 9.45. The highest BCUT2D eigenvalue weighted by atomic mass is 35.5. The summed E-state index contributed by atoms with van der Waals surface area (Å²) in [5.74, 6) is -0.324. The molecule has 0 amide bonds. The molecule has 18 heavy (non-hydrogen) atoms. The second-order valence-electron chi connectivity index (χ2n) is 3.78. The fourth-order valence-electron chi connectivity index (χ4n) is 1.54. The van der Waals surface area contributed by atoms with Crippen molar-refractivity contribution in [2.24, 2.45) is 0 Å². The van der Waals surface area contributed by atoms with Gasteiger partial charge >= 0.3 is 0 Å². The third kappa shape index (κ3) is 2.99. The van der Waals surface area contributed by atoms with Gasteiger partial charge in [0.25, 0.3) is 0 Å². The van der Waals surface area contributed by atoms with Crippen LogP contribution in [0.3, 0.4) is 0 Å². The van der Waals surface area contributed by atoms with E-state index < -0.39 is 0 Å². The summed E-state index contributed by atoms with van der Waals surface area (Å²) in [5, 5.41) is 12.5. The average molecular weight is 261 g/mol. The summed E-state index contributed by atoms with van der Waals surface area (Å²) in [5.41, 5.74) is 1.76.